The molecule has 0 aliphatic heterocycles. The zero-order chi connectivity index (χ0) is 19.9. The summed E-state index contributed by atoms with van der Waals surface area (Å²) in [6.45, 7) is 1.94. The summed E-state index contributed by atoms with van der Waals surface area (Å²) in [5.41, 5.74) is 2.72. The lowest BCUT2D eigenvalue weighted by Gasteiger charge is -2.14. The predicted octanol–water partition coefficient (Wildman–Crippen LogP) is 4.44. The van der Waals surface area contributed by atoms with Crippen LogP contribution >= 0.6 is 0 Å². The van der Waals surface area contributed by atoms with Gasteiger partial charge in [-0.05, 0) is 61.0 Å². The quantitative estimate of drug-likeness (QED) is 0.670. The molecule has 0 fully saturated rings. The van der Waals surface area contributed by atoms with Crippen molar-refractivity contribution in [2.75, 3.05) is 12.4 Å². The molecule has 0 bridgehead atoms. The lowest BCUT2D eigenvalue weighted by atomic mass is 10.1. The average molecular weight is 374 g/mol. The molecule has 3 rings (SSSR count). The van der Waals surface area contributed by atoms with E-state index in [-0.39, 0.29) is 17.9 Å². The Labute approximate surface area is 164 Å². The van der Waals surface area contributed by atoms with Crippen molar-refractivity contribution >= 4 is 17.5 Å². The average Bonchev–Trinajstić information content (AvgIpc) is 2.74. The molecule has 1 unspecified atom stereocenters. The number of amides is 2. The van der Waals surface area contributed by atoms with Crippen molar-refractivity contribution < 1.29 is 14.3 Å². The maximum atomic E-state index is 12.4. The molecule has 0 heterocycles. The molecule has 0 saturated carbocycles. The minimum Gasteiger partial charge on any atom is -0.497 e. The highest BCUT2D eigenvalue weighted by Crippen LogP contribution is 2.16. The number of rotatable bonds is 6. The topological polar surface area (TPSA) is 67.4 Å². The van der Waals surface area contributed by atoms with Gasteiger partial charge in [-0.1, -0.05) is 30.3 Å². The van der Waals surface area contributed by atoms with Gasteiger partial charge in [0.1, 0.15) is 5.75 Å². The Balaban J connectivity index is 1.60. The number of ether oxygens (including phenoxy) is 1. The van der Waals surface area contributed by atoms with E-state index >= 15 is 0 Å². The smallest absolute Gasteiger partial charge is 0.255 e. The fourth-order valence-electron chi connectivity index (χ4n) is 2.76. The van der Waals surface area contributed by atoms with Gasteiger partial charge in [0.2, 0.25) is 0 Å². The first-order valence-electron chi connectivity index (χ1n) is 8.98. The summed E-state index contributed by atoms with van der Waals surface area (Å²) in [6.07, 6.45) is 0. The van der Waals surface area contributed by atoms with Crippen molar-refractivity contribution in [2.24, 2.45) is 0 Å². The molecule has 2 N–H and O–H groups in total. The van der Waals surface area contributed by atoms with E-state index in [1.165, 1.54) is 0 Å². The summed E-state index contributed by atoms with van der Waals surface area (Å²) in [5, 5.41) is 5.79. The zero-order valence-corrected chi connectivity index (χ0v) is 15.8. The van der Waals surface area contributed by atoms with Crippen LogP contribution in [0.2, 0.25) is 0 Å². The second-order valence-corrected chi connectivity index (χ2v) is 6.37. The molecule has 28 heavy (non-hydrogen) atoms. The molecule has 1 atom stereocenters. The first kappa shape index (κ1) is 19.2. The summed E-state index contributed by atoms with van der Waals surface area (Å²) in [7, 11) is 1.58. The fraction of sp³-hybridized carbons (Fsp3) is 0.130. The Bertz CT molecular complexity index is 936. The number of methoxy groups -OCH3 is 1. The van der Waals surface area contributed by atoms with Gasteiger partial charge in [-0.15, -0.1) is 0 Å². The van der Waals surface area contributed by atoms with Crippen LogP contribution in [0.3, 0.4) is 0 Å². The largest absolute Gasteiger partial charge is 0.497 e. The number of carbonyl (C=O) groups is 2. The normalized spacial score (nSPS) is 11.4. The van der Waals surface area contributed by atoms with Gasteiger partial charge in [0.15, 0.2) is 0 Å². The lowest BCUT2D eigenvalue weighted by molar-refractivity contribution is 0.0939. The Morgan fingerprint density at radius 2 is 1.36 bits per heavy atom. The van der Waals surface area contributed by atoms with E-state index in [9.17, 15) is 9.59 Å². The van der Waals surface area contributed by atoms with Gasteiger partial charge in [0.25, 0.3) is 11.8 Å². The molecule has 0 saturated heterocycles. The molecule has 0 aliphatic carbocycles. The van der Waals surface area contributed by atoms with Gasteiger partial charge < -0.3 is 15.4 Å². The van der Waals surface area contributed by atoms with Crippen LogP contribution in [0.15, 0.2) is 78.9 Å². The number of anilines is 1. The van der Waals surface area contributed by atoms with E-state index in [0.717, 1.165) is 5.56 Å². The van der Waals surface area contributed by atoms with E-state index in [1.807, 2.05) is 37.3 Å². The predicted molar refractivity (Wildman–Crippen MR) is 110 cm³/mol. The standard InChI is InChI=1S/C23H22N2O3/c1-16(17-6-4-3-5-7-17)24-22(26)18-8-12-20(13-9-18)25-23(27)19-10-14-21(28-2)15-11-19/h3-16H,1-2H3,(H,24,26)(H,25,27). The highest BCUT2D eigenvalue weighted by atomic mass is 16.5. The highest BCUT2D eigenvalue weighted by molar-refractivity contribution is 6.04. The van der Waals surface area contributed by atoms with Crippen LogP contribution in [-0.4, -0.2) is 18.9 Å². The molecular weight excluding hydrogens is 352 g/mol. The van der Waals surface area contributed by atoms with E-state index in [0.29, 0.717) is 22.6 Å². The molecule has 5 heteroatoms. The molecule has 2 amide bonds. The van der Waals surface area contributed by atoms with E-state index in [4.69, 9.17) is 4.74 Å². The molecule has 142 valence electrons. The second-order valence-electron chi connectivity index (χ2n) is 6.37. The molecule has 0 aromatic heterocycles. The molecule has 3 aromatic rings. The third kappa shape index (κ3) is 4.76. The van der Waals surface area contributed by atoms with Gasteiger partial charge in [-0.3, -0.25) is 9.59 Å². The van der Waals surface area contributed by atoms with Crippen molar-refractivity contribution in [1.82, 2.24) is 5.32 Å². The van der Waals surface area contributed by atoms with Crippen molar-refractivity contribution in [3.05, 3.63) is 95.6 Å². The highest BCUT2D eigenvalue weighted by Gasteiger charge is 2.12. The summed E-state index contributed by atoms with van der Waals surface area (Å²) in [4.78, 5) is 24.7. The van der Waals surface area contributed by atoms with Crippen molar-refractivity contribution in [3.63, 3.8) is 0 Å². The molecular formula is C23H22N2O3. The number of nitrogens with one attached hydrogen (secondary N) is 2. The monoisotopic (exact) mass is 374 g/mol. The summed E-state index contributed by atoms with van der Waals surface area (Å²) in [5.74, 6) is 0.304. The van der Waals surface area contributed by atoms with E-state index in [2.05, 4.69) is 10.6 Å². The van der Waals surface area contributed by atoms with E-state index in [1.54, 1.807) is 55.6 Å². The second kappa shape index (κ2) is 8.86. The maximum Gasteiger partial charge on any atom is 0.255 e. The van der Waals surface area contributed by atoms with Gasteiger partial charge in [0, 0.05) is 16.8 Å². The SMILES string of the molecule is COc1ccc(C(=O)Nc2ccc(C(=O)NC(C)c3ccccc3)cc2)cc1. The van der Waals surface area contributed by atoms with Gasteiger partial charge in [0.05, 0.1) is 13.2 Å². The Morgan fingerprint density at radius 1 is 0.786 bits per heavy atom. The van der Waals surface area contributed by atoms with Crippen LogP contribution in [-0.2, 0) is 0 Å². The molecule has 5 nitrogen and oxygen atoms in total. The Morgan fingerprint density at radius 3 is 1.96 bits per heavy atom. The fourth-order valence-corrected chi connectivity index (χ4v) is 2.76. The van der Waals surface area contributed by atoms with Gasteiger partial charge in [-0.25, -0.2) is 0 Å². The minimum atomic E-state index is -0.224. The molecule has 0 spiro atoms. The first-order chi connectivity index (χ1) is 13.6. The zero-order valence-electron chi connectivity index (χ0n) is 15.8. The van der Waals surface area contributed by atoms with Crippen molar-refractivity contribution in [2.45, 2.75) is 13.0 Å². The van der Waals surface area contributed by atoms with Crippen LogP contribution < -0.4 is 15.4 Å². The van der Waals surface area contributed by atoms with Crippen LogP contribution in [0.5, 0.6) is 5.75 Å². The van der Waals surface area contributed by atoms with Gasteiger partial charge >= 0.3 is 0 Å². The number of benzene rings is 3. The molecule has 0 aliphatic rings. The third-order valence-corrected chi connectivity index (χ3v) is 4.40. The lowest BCUT2D eigenvalue weighted by Crippen LogP contribution is -2.26. The van der Waals surface area contributed by atoms with Crippen molar-refractivity contribution in [3.8, 4) is 5.75 Å². The summed E-state index contributed by atoms with van der Waals surface area (Å²) >= 11 is 0. The maximum absolute atomic E-state index is 12.4. The first-order valence-corrected chi connectivity index (χ1v) is 8.98. The van der Waals surface area contributed by atoms with Gasteiger partial charge in [-0.2, -0.15) is 0 Å². The van der Waals surface area contributed by atoms with E-state index < -0.39 is 0 Å². The number of hydrogen-bond acceptors (Lipinski definition) is 3. The Hall–Kier alpha value is -3.60. The van der Waals surface area contributed by atoms with Crippen molar-refractivity contribution in [1.29, 1.82) is 0 Å². The summed E-state index contributed by atoms with van der Waals surface area (Å²) in [6, 6.07) is 23.3. The van der Waals surface area contributed by atoms with Crippen LogP contribution in [0, 0.1) is 0 Å². The third-order valence-electron chi connectivity index (χ3n) is 4.40. The molecule has 0 radical (unpaired) electrons. The summed E-state index contributed by atoms with van der Waals surface area (Å²) < 4.78 is 5.09. The number of hydrogen-bond donors (Lipinski definition) is 2. The Kier molecular flexibility index (Phi) is 6.07. The minimum absolute atomic E-state index is 0.0943. The van der Waals surface area contributed by atoms with Crippen LogP contribution in [0.25, 0.3) is 0 Å². The van der Waals surface area contributed by atoms with Crippen LogP contribution in [0.4, 0.5) is 5.69 Å². The van der Waals surface area contributed by atoms with Crippen LogP contribution in [0.1, 0.15) is 39.2 Å². The molecule has 3 aromatic carbocycles. The number of carbonyl (C=O) groups excluding carboxylic acids is 2.